The van der Waals surface area contributed by atoms with Crippen LogP contribution in [-0.2, 0) is 16.1 Å². The smallest absolute Gasteiger partial charge is 0.244 e. The number of fused-ring (bicyclic) bond motifs is 1. The number of carbonyl (C=O) groups is 1. The van der Waals surface area contributed by atoms with Gasteiger partial charge in [-0.2, -0.15) is 9.78 Å². The summed E-state index contributed by atoms with van der Waals surface area (Å²) in [7, 11) is 0. The summed E-state index contributed by atoms with van der Waals surface area (Å²) in [6.45, 7) is 10.0. The van der Waals surface area contributed by atoms with Crippen LogP contribution in [-0.4, -0.2) is 46.6 Å². The zero-order valence-electron chi connectivity index (χ0n) is 18.9. The minimum Gasteiger partial charge on any atom is -0.475 e. The summed E-state index contributed by atoms with van der Waals surface area (Å²) in [5, 5.41) is 4.89. The minimum absolute atomic E-state index is 0.0304. The summed E-state index contributed by atoms with van der Waals surface area (Å²) in [5.41, 5.74) is 1.86. The highest BCUT2D eigenvalue weighted by molar-refractivity contribution is 5.89. The molecule has 0 saturated carbocycles. The summed E-state index contributed by atoms with van der Waals surface area (Å²) in [4.78, 5) is 15.8. The molecule has 1 unspecified atom stereocenters. The predicted octanol–water partition coefficient (Wildman–Crippen LogP) is 4.90. The lowest BCUT2D eigenvalue weighted by Gasteiger charge is -2.14. The van der Waals surface area contributed by atoms with Crippen molar-refractivity contribution in [1.82, 2.24) is 14.8 Å². The summed E-state index contributed by atoms with van der Waals surface area (Å²) in [6, 6.07) is 11.9. The van der Waals surface area contributed by atoms with E-state index < -0.39 is 0 Å². The zero-order chi connectivity index (χ0) is 22.5. The minimum atomic E-state index is -0.147. The highest BCUT2D eigenvalue weighted by atomic mass is 16.5. The molecule has 0 aliphatic rings. The number of hydrogen-bond donors (Lipinski definition) is 0. The fraction of sp³-hybridized carbons (Fsp3) is 0.458. The van der Waals surface area contributed by atoms with Gasteiger partial charge in [0.15, 0.2) is 0 Å². The number of benzene rings is 1. The normalized spacial score (nSPS) is 11.6. The number of hydrogen-bond acceptors (Lipinski definition) is 6. The highest BCUT2D eigenvalue weighted by Crippen LogP contribution is 2.19. The van der Waals surface area contributed by atoms with Gasteiger partial charge in [0.1, 0.15) is 0 Å². The van der Waals surface area contributed by atoms with E-state index in [0.29, 0.717) is 37.8 Å². The van der Waals surface area contributed by atoms with Crippen molar-refractivity contribution in [3.8, 4) is 5.88 Å². The number of rotatable bonds is 11. The average Bonchev–Trinajstić information content (AvgIpc) is 3.21. The van der Waals surface area contributed by atoms with Crippen LogP contribution in [0.3, 0.4) is 0 Å². The molecule has 0 radical (unpaired) electrons. The third-order valence-electron chi connectivity index (χ3n) is 4.41. The van der Waals surface area contributed by atoms with Crippen LogP contribution in [0.15, 0.2) is 48.8 Å². The molecule has 0 fully saturated rings. The second-order valence-corrected chi connectivity index (χ2v) is 6.88. The number of nitrogens with zero attached hydrogens (tertiary/aromatic N) is 3. The first-order valence-electron chi connectivity index (χ1n) is 10.8. The quantitative estimate of drug-likeness (QED) is 0.405. The van der Waals surface area contributed by atoms with E-state index in [1.165, 1.54) is 17.2 Å². The van der Waals surface area contributed by atoms with Gasteiger partial charge in [0.05, 0.1) is 37.2 Å². The highest BCUT2D eigenvalue weighted by Gasteiger charge is 2.10. The van der Waals surface area contributed by atoms with Crippen molar-refractivity contribution in [3.63, 3.8) is 0 Å². The van der Waals surface area contributed by atoms with Crippen molar-refractivity contribution in [3.05, 3.63) is 54.4 Å². The van der Waals surface area contributed by atoms with Crippen LogP contribution in [0.25, 0.3) is 10.9 Å². The van der Waals surface area contributed by atoms with Gasteiger partial charge in [-0.15, -0.1) is 0 Å². The first-order valence-corrected chi connectivity index (χ1v) is 10.8. The molecular formula is C24H33N3O4. The molecule has 168 valence electrons. The standard InChI is InChI=1S/C22H27N3O4.C2H6/c1-17(9-12-27-10-6-11-28-16-19-7-4-3-5-8-19)29-22-13-20-14-24-25(18(2)26)21(20)15-23-22;1-2/h3-5,7-8,13-15,17H,6,9-12,16H2,1-2H3;1-2H3. The van der Waals surface area contributed by atoms with E-state index in [9.17, 15) is 4.79 Å². The van der Waals surface area contributed by atoms with E-state index in [1.807, 2.05) is 39.0 Å². The molecule has 3 rings (SSSR count). The lowest BCUT2D eigenvalue weighted by molar-refractivity contribution is 0.0632. The third kappa shape index (κ3) is 8.11. The Bertz CT molecular complexity index is 912. The van der Waals surface area contributed by atoms with Crippen LogP contribution in [0.4, 0.5) is 0 Å². The van der Waals surface area contributed by atoms with Gasteiger partial charge in [-0.3, -0.25) is 4.79 Å². The maximum atomic E-state index is 11.5. The van der Waals surface area contributed by atoms with E-state index >= 15 is 0 Å². The van der Waals surface area contributed by atoms with E-state index in [-0.39, 0.29) is 12.0 Å². The third-order valence-corrected chi connectivity index (χ3v) is 4.41. The van der Waals surface area contributed by atoms with Crippen LogP contribution in [0.1, 0.15) is 50.9 Å². The summed E-state index contributed by atoms with van der Waals surface area (Å²) >= 11 is 0. The Hall–Kier alpha value is -2.77. The summed E-state index contributed by atoms with van der Waals surface area (Å²) in [6.07, 6.45) is 4.84. The van der Waals surface area contributed by atoms with Crippen molar-refractivity contribution >= 4 is 16.8 Å². The average molecular weight is 428 g/mol. The molecule has 2 aromatic heterocycles. The van der Waals surface area contributed by atoms with Crippen molar-refractivity contribution in [1.29, 1.82) is 0 Å². The van der Waals surface area contributed by atoms with Gasteiger partial charge >= 0.3 is 0 Å². The van der Waals surface area contributed by atoms with Crippen LogP contribution < -0.4 is 4.74 Å². The number of aromatic nitrogens is 3. The molecule has 7 heteroatoms. The Morgan fingerprint density at radius 1 is 1.06 bits per heavy atom. The van der Waals surface area contributed by atoms with Crippen molar-refractivity contribution < 1.29 is 19.0 Å². The van der Waals surface area contributed by atoms with Crippen molar-refractivity contribution in [2.45, 2.75) is 53.2 Å². The molecule has 3 aromatic rings. The first kappa shape index (κ1) is 24.5. The number of ether oxygens (including phenoxy) is 3. The van der Waals surface area contributed by atoms with E-state index in [4.69, 9.17) is 14.2 Å². The molecular weight excluding hydrogens is 394 g/mol. The molecule has 0 bridgehead atoms. The van der Waals surface area contributed by atoms with Gasteiger partial charge in [0.2, 0.25) is 11.8 Å². The first-order chi connectivity index (χ1) is 15.1. The lowest BCUT2D eigenvalue weighted by Crippen LogP contribution is -2.16. The SMILES string of the molecule is CC.CC(=O)n1ncc2cc(OC(C)CCOCCCOCc3ccccc3)ncc21. The molecule has 1 atom stereocenters. The second-order valence-electron chi connectivity index (χ2n) is 6.88. The molecule has 0 amide bonds. The molecule has 0 N–H and O–H groups in total. The predicted molar refractivity (Wildman–Crippen MR) is 121 cm³/mol. The maximum Gasteiger partial charge on any atom is 0.244 e. The fourth-order valence-electron chi connectivity index (χ4n) is 2.87. The second kappa shape index (κ2) is 13.5. The fourth-order valence-corrected chi connectivity index (χ4v) is 2.87. The number of pyridine rings is 1. The monoisotopic (exact) mass is 427 g/mol. The van der Waals surface area contributed by atoms with Crippen LogP contribution in [0.2, 0.25) is 0 Å². The van der Waals surface area contributed by atoms with Gasteiger partial charge < -0.3 is 14.2 Å². The van der Waals surface area contributed by atoms with Gasteiger partial charge in [0, 0.05) is 38.0 Å². The van der Waals surface area contributed by atoms with E-state index in [0.717, 1.165) is 18.2 Å². The summed E-state index contributed by atoms with van der Waals surface area (Å²) in [5.74, 6) is 0.369. The molecule has 7 nitrogen and oxygen atoms in total. The largest absolute Gasteiger partial charge is 0.475 e. The topological polar surface area (TPSA) is 75.5 Å². The molecule has 0 saturated heterocycles. The Balaban J connectivity index is 0.00000166. The van der Waals surface area contributed by atoms with Crippen molar-refractivity contribution in [2.75, 3.05) is 19.8 Å². The Labute approximate surface area is 184 Å². The Morgan fingerprint density at radius 2 is 1.81 bits per heavy atom. The van der Waals surface area contributed by atoms with E-state index in [2.05, 4.69) is 22.2 Å². The van der Waals surface area contributed by atoms with Gasteiger partial charge in [-0.1, -0.05) is 44.2 Å². The Kier molecular flexibility index (Phi) is 10.7. The lowest BCUT2D eigenvalue weighted by atomic mass is 10.2. The van der Waals surface area contributed by atoms with Gasteiger partial charge in [0.25, 0.3) is 0 Å². The molecule has 0 spiro atoms. The molecule has 2 heterocycles. The zero-order valence-corrected chi connectivity index (χ0v) is 18.9. The van der Waals surface area contributed by atoms with Gasteiger partial charge in [-0.25, -0.2) is 4.98 Å². The van der Waals surface area contributed by atoms with Crippen LogP contribution in [0.5, 0.6) is 5.88 Å². The van der Waals surface area contributed by atoms with Crippen molar-refractivity contribution in [2.24, 2.45) is 0 Å². The molecule has 31 heavy (non-hydrogen) atoms. The number of carbonyl (C=O) groups excluding carboxylic acids is 1. The molecule has 1 aromatic carbocycles. The van der Waals surface area contributed by atoms with Gasteiger partial charge in [-0.05, 0) is 18.9 Å². The maximum absolute atomic E-state index is 11.5. The summed E-state index contributed by atoms with van der Waals surface area (Å²) < 4.78 is 18.5. The van der Waals surface area contributed by atoms with E-state index in [1.54, 1.807) is 18.5 Å². The van der Waals surface area contributed by atoms with Crippen LogP contribution >= 0.6 is 0 Å². The Morgan fingerprint density at radius 3 is 2.55 bits per heavy atom. The molecule has 0 aliphatic carbocycles. The van der Waals surface area contributed by atoms with Crippen LogP contribution in [0, 0.1) is 0 Å². The molecule has 0 aliphatic heterocycles.